The Morgan fingerprint density at radius 3 is 2.27 bits per heavy atom. The average molecular weight is 607 g/mol. The van der Waals surface area contributed by atoms with Crippen LogP contribution >= 0.6 is 0 Å². The Bertz CT molecular complexity index is 1360. The molecule has 2 aromatic rings. The summed E-state index contributed by atoms with van der Waals surface area (Å²) in [6, 6.07) is 9.77. The summed E-state index contributed by atoms with van der Waals surface area (Å²) in [6.45, 7) is 17.2. The first-order valence-corrected chi connectivity index (χ1v) is 15.9. The predicted molar refractivity (Wildman–Crippen MR) is 173 cm³/mol. The Morgan fingerprint density at radius 2 is 1.70 bits per heavy atom. The summed E-state index contributed by atoms with van der Waals surface area (Å²) in [6.07, 6.45) is 1.25. The van der Waals surface area contributed by atoms with Gasteiger partial charge in [-0.3, -0.25) is 24.8 Å². The molecule has 1 saturated heterocycles. The maximum absolute atomic E-state index is 13.8. The van der Waals surface area contributed by atoms with Gasteiger partial charge in [0.15, 0.2) is 5.78 Å². The number of benzene rings is 2. The minimum absolute atomic E-state index is 0.0134. The Morgan fingerprint density at radius 1 is 1.00 bits per heavy atom. The van der Waals surface area contributed by atoms with Crippen molar-refractivity contribution < 1.29 is 24.2 Å². The monoisotopic (exact) mass is 606 g/mol. The van der Waals surface area contributed by atoms with Gasteiger partial charge in [-0.15, -0.1) is 0 Å². The molecule has 2 N–H and O–H groups in total. The summed E-state index contributed by atoms with van der Waals surface area (Å²) in [5, 5.41) is 18.5. The van der Waals surface area contributed by atoms with Crippen molar-refractivity contribution in [2.24, 2.45) is 0 Å². The lowest BCUT2D eigenvalue weighted by molar-refractivity contribution is -0.144. The number of carbonyl (C=O) groups is 2. The molecule has 2 aliphatic heterocycles. The molecule has 4 rings (SSSR count). The van der Waals surface area contributed by atoms with E-state index in [0.717, 1.165) is 53.1 Å². The van der Waals surface area contributed by atoms with Crippen LogP contribution in [0.25, 0.3) is 0 Å². The van der Waals surface area contributed by atoms with E-state index in [1.807, 2.05) is 43.0 Å². The fraction of sp³-hybridized carbons (Fsp3) is 0.571. The molecule has 0 radical (unpaired) electrons. The Hall–Kier alpha value is -3.27. The van der Waals surface area contributed by atoms with E-state index in [1.54, 1.807) is 7.11 Å². The number of carboxylic acids is 1. The molecular formula is C35H50N4O5. The highest BCUT2D eigenvalue weighted by Crippen LogP contribution is 2.36. The van der Waals surface area contributed by atoms with Gasteiger partial charge in [-0.1, -0.05) is 40.7 Å². The lowest BCUT2D eigenvalue weighted by Crippen LogP contribution is -2.52. The number of piperazine rings is 1. The van der Waals surface area contributed by atoms with Crippen LogP contribution in [0.4, 0.5) is 0 Å². The highest BCUT2D eigenvalue weighted by molar-refractivity contribution is 6.05. The number of aliphatic carboxylic acids is 1. The first-order valence-electron chi connectivity index (χ1n) is 15.9. The maximum atomic E-state index is 13.8. The van der Waals surface area contributed by atoms with Crippen molar-refractivity contribution in [1.82, 2.24) is 14.7 Å². The summed E-state index contributed by atoms with van der Waals surface area (Å²) < 4.78 is 11.7. The van der Waals surface area contributed by atoms with Gasteiger partial charge in [-0.2, -0.15) is 0 Å². The van der Waals surface area contributed by atoms with Crippen LogP contribution < -0.4 is 4.74 Å². The molecule has 2 atom stereocenters. The van der Waals surface area contributed by atoms with Gasteiger partial charge in [0.2, 0.25) is 0 Å². The Labute approximate surface area is 262 Å². The van der Waals surface area contributed by atoms with E-state index in [2.05, 4.69) is 43.6 Å². The highest BCUT2D eigenvalue weighted by atomic mass is 16.5. The first kappa shape index (κ1) is 33.6. The van der Waals surface area contributed by atoms with Crippen LogP contribution in [-0.2, 0) is 28.0 Å². The van der Waals surface area contributed by atoms with Crippen molar-refractivity contribution in [3.8, 4) is 5.75 Å². The second-order valence-electron chi connectivity index (χ2n) is 13.0. The molecule has 44 heavy (non-hydrogen) atoms. The minimum Gasteiger partial charge on any atom is -0.493 e. The molecule has 0 amide bonds. The zero-order valence-electron chi connectivity index (χ0n) is 27.5. The van der Waals surface area contributed by atoms with E-state index >= 15 is 0 Å². The van der Waals surface area contributed by atoms with Crippen LogP contribution in [-0.4, -0.2) is 89.9 Å². The van der Waals surface area contributed by atoms with Crippen LogP contribution in [0, 0.1) is 5.41 Å². The third-order valence-corrected chi connectivity index (χ3v) is 8.91. The highest BCUT2D eigenvalue weighted by Gasteiger charge is 2.31. The molecule has 0 aromatic heterocycles. The number of ether oxygens (including phenoxy) is 2. The first-order chi connectivity index (χ1) is 20.9. The SMILES string of the molecule is CCOc1cc2c(cc1C(CC)OC)C(=N)N(CC(=O)c1cc(CN3CCN(C(CC)C(=O)O)CC3)cc(C(C)(C)C)c1)C2. The molecule has 2 aliphatic rings. The van der Waals surface area contributed by atoms with Crippen molar-refractivity contribution in [2.45, 2.75) is 85.0 Å². The number of rotatable bonds is 13. The van der Waals surface area contributed by atoms with Crippen LogP contribution in [0.15, 0.2) is 30.3 Å². The molecule has 2 unspecified atom stereocenters. The molecule has 0 saturated carbocycles. The van der Waals surface area contributed by atoms with Crippen LogP contribution in [0.5, 0.6) is 5.75 Å². The molecular weight excluding hydrogens is 556 g/mol. The fourth-order valence-corrected chi connectivity index (χ4v) is 6.35. The molecule has 9 nitrogen and oxygen atoms in total. The smallest absolute Gasteiger partial charge is 0.320 e. The topological polar surface area (TPSA) is 106 Å². The number of fused-ring (bicyclic) bond motifs is 1. The Kier molecular flexibility index (Phi) is 10.9. The van der Waals surface area contributed by atoms with E-state index in [9.17, 15) is 14.7 Å². The number of Topliss-reactive ketones (excluding diaryl/α,β-unsaturated/α-hetero) is 1. The van der Waals surface area contributed by atoms with Crippen LogP contribution in [0.3, 0.4) is 0 Å². The number of hydrogen-bond acceptors (Lipinski definition) is 7. The number of ketones is 1. The van der Waals surface area contributed by atoms with Gasteiger partial charge in [0.25, 0.3) is 0 Å². The minimum atomic E-state index is -0.758. The van der Waals surface area contributed by atoms with Crippen molar-refractivity contribution in [2.75, 3.05) is 46.4 Å². The lowest BCUT2D eigenvalue weighted by Gasteiger charge is -2.37. The van der Waals surface area contributed by atoms with Crippen molar-refractivity contribution in [3.05, 3.63) is 63.7 Å². The third-order valence-electron chi connectivity index (χ3n) is 8.91. The van der Waals surface area contributed by atoms with Gasteiger partial charge in [0.1, 0.15) is 17.6 Å². The molecule has 1 fully saturated rings. The number of amidine groups is 1. The fourth-order valence-electron chi connectivity index (χ4n) is 6.35. The van der Waals surface area contributed by atoms with E-state index < -0.39 is 12.0 Å². The van der Waals surface area contributed by atoms with Gasteiger partial charge in [-0.25, -0.2) is 0 Å². The predicted octanol–water partition coefficient (Wildman–Crippen LogP) is 5.48. The summed E-state index contributed by atoms with van der Waals surface area (Å²) in [5.41, 5.74) is 5.44. The molecule has 2 aromatic carbocycles. The standard InChI is InChI=1S/C35H50N4O5/c1-8-29(34(41)42)38-13-11-37(12-14-38)20-23-15-24(17-26(16-23)35(4,5)6)30(40)22-39-21-25-18-32(44-10-3)28(31(9-2)43-7)19-27(25)33(39)36/h15-19,29,31,36H,8-14,20-22H2,1-7H3,(H,41,42). The summed E-state index contributed by atoms with van der Waals surface area (Å²) >= 11 is 0. The van der Waals surface area contributed by atoms with Gasteiger partial charge in [0, 0.05) is 63.1 Å². The summed E-state index contributed by atoms with van der Waals surface area (Å²) in [5.74, 6) is 0.352. The Balaban J connectivity index is 1.52. The van der Waals surface area contributed by atoms with Crippen LogP contribution in [0.1, 0.15) is 98.7 Å². The van der Waals surface area contributed by atoms with Gasteiger partial charge in [-0.05, 0) is 66.1 Å². The molecule has 0 spiro atoms. The lowest BCUT2D eigenvalue weighted by atomic mass is 9.84. The van der Waals surface area contributed by atoms with Crippen molar-refractivity contribution >= 4 is 17.6 Å². The molecule has 9 heteroatoms. The molecule has 2 heterocycles. The van der Waals surface area contributed by atoms with E-state index in [4.69, 9.17) is 14.9 Å². The van der Waals surface area contributed by atoms with Gasteiger partial charge < -0.3 is 19.5 Å². The van der Waals surface area contributed by atoms with E-state index in [-0.39, 0.29) is 23.8 Å². The van der Waals surface area contributed by atoms with Crippen molar-refractivity contribution in [3.63, 3.8) is 0 Å². The van der Waals surface area contributed by atoms with Crippen LogP contribution in [0.2, 0.25) is 0 Å². The zero-order chi connectivity index (χ0) is 32.2. The summed E-state index contributed by atoms with van der Waals surface area (Å²) in [7, 11) is 1.69. The number of hydrogen-bond donors (Lipinski definition) is 2. The maximum Gasteiger partial charge on any atom is 0.320 e. The van der Waals surface area contributed by atoms with Gasteiger partial charge >= 0.3 is 5.97 Å². The number of nitrogens with one attached hydrogen (secondary N) is 1. The normalized spacial score (nSPS) is 17.4. The molecule has 240 valence electrons. The second-order valence-corrected chi connectivity index (χ2v) is 13.0. The molecule has 0 bridgehead atoms. The molecule has 0 aliphatic carbocycles. The number of carbonyl (C=O) groups excluding carboxylic acids is 1. The second kappa shape index (κ2) is 14.2. The number of nitrogens with zero attached hydrogens (tertiary/aromatic N) is 3. The zero-order valence-corrected chi connectivity index (χ0v) is 27.5. The average Bonchev–Trinajstić information content (AvgIpc) is 3.28. The quantitative estimate of drug-likeness (QED) is 0.289. The third kappa shape index (κ3) is 7.50. The largest absolute Gasteiger partial charge is 0.493 e. The summed E-state index contributed by atoms with van der Waals surface area (Å²) in [4.78, 5) is 31.7. The van der Waals surface area contributed by atoms with Gasteiger partial charge in [0.05, 0.1) is 19.3 Å². The van der Waals surface area contributed by atoms with Crippen molar-refractivity contribution in [1.29, 1.82) is 5.41 Å². The number of methoxy groups -OCH3 is 1. The van der Waals surface area contributed by atoms with E-state index in [0.29, 0.717) is 50.6 Å². The number of carboxylic acid groups (broad SMARTS) is 1. The van der Waals surface area contributed by atoms with E-state index in [1.165, 1.54) is 0 Å².